The van der Waals surface area contributed by atoms with Gasteiger partial charge in [0, 0.05) is 5.56 Å². The van der Waals surface area contributed by atoms with Crippen LogP contribution in [0.15, 0.2) is 52.9 Å². The number of hydrogen-bond donors (Lipinski definition) is 1. The van der Waals surface area contributed by atoms with Crippen LogP contribution in [0.3, 0.4) is 0 Å². The number of carbonyl (C=O) groups excluding carboxylic acids is 1. The van der Waals surface area contributed by atoms with Gasteiger partial charge in [0.25, 0.3) is 0 Å². The Morgan fingerprint density at radius 3 is 2.67 bits per heavy atom. The molecule has 5 nitrogen and oxygen atoms in total. The summed E-state index contributed by atoms with van der Waals surface area (Å²) in [6, 6.07) is 13.9. The summed E-state index contributed by atoms with van der Waals surface area (Å²) in [5, 5.41) is 11.5. The minimum Gasteiger partial charge on any atom is -0.300 e. The number of hydrogen-bond acceptors (Lipinski definition) is 7. The molecule has 0 bridgehead atoms. The van der Waals surface area contributed by atoms with Crippen molar-refractivity contribution in [2.75, 3.05) is 5.32 Å². The zero-order chi connectivity index (χ0) is 18.8. The summed E-state index contributed by atoms with van der Waals surface area (Å²) >= 11 is 4.23. The minimum absolute atomic E-state index is 0.166. The molecule has 4 aromatic rings. The number of fused-ring (bicyclic) bond motifs is 1. The van der Waals surface area contributed by atoms with E-state index >= 15 is 0 Å². The van der Waals surface area contributed by atoms with Crippen LogP contribution in [0, 0.1) is 5.82 Å². The van der Waals surface area contributed by atoms with E-state index < -0.39 is 0 Å². The van der Waals surface area contributed by atoms with E-state index in [4.69, 9.17) is 0 Å². The normalized spacial score (nSPS) is 12.2. The Kier molecular flexibility index (Phi) is 5.15. The molecule has 1 amide bonds. The van der Waals surface area contributed by atoms with Crippen molar-refractivity contribution in [1.82, 2.24) is 15.2 Å². The molecule has 2 aromatic carbocycles. The van der Waals surface area contributed by atoms with E-state index in [2.05, 4.69) is 20.5 Å². The van der Waals surface area contributed by atoms with Gasteiger partial charge in [-0.15, -0.1) is 21.5 Å². The average Bonchev–Trinajstić information content (AvgIpc) is 3.28. The quantitative estimate of drug-likeness (QED) is 0.460. The fourth-order valence-electron chi connectivity index (χ4n) is 2.30. The molecule has 4 rings (SSSR count). The third kappa shape index (κ3) is 4.15. The molecule has 0 spiro atoms. The number of thioether (sulfide) groups is 1. The maximum absolute atomic E-state index is 13.0. The van der Waals surface area contributed by atoms with Crippen LogP contribution in [0.1, 0.15) is 6.92 Å². The highest BCUT2D eigenvalue weighted by Crippen LogP contribution is 2.33. The summed E-state index contributed by atoms with van der Waals surface area (Å²) in [5.41, 5.74) is 1.69. The number of benzene rings is 2. The SMILES string of the molecule is C[C@H](Sc1nc2ccccc2s1)C(=O)Nc1nnc(-c2ccc(F)cc2)s1. The molecular formula is C18H13FN4OS3. The number of carbonyl (C=O) groups is 1. The lowest BCUT2D eigenvalue weighted by molar-refractivity contribution is -0.115. The van der Waals surface area contributed by atoms with Crippen molar-refractivity contribution in [2.45, 2.75) is 16.5 Å². The van der Waals surface area contributed by atoms with Crippen molar-refractivity contribution in [3.63, 3.8) is 0 Å². The van der Waals surface area contributed by atoms with Crippen LogP contribution < -0.4 is 5.32 Å². The Labute approximate surface area is 166 Å². The smallest absolute Gasteiger partial charge is 0.239 e. The lowest BCUT2D eigenvalue weighted by atomic mass is 10.2. The molecule has 0 aliphatic carbocycles. The molecule has 0 unspecified atom stereocenters. The number of rotatable bonds is 5. The fourth-order valence-corrected chi connectivity index (χ4v) is 5.26. The lowest BCUT2D eigenvalue weighted by Gasteiger charge is -2.07. The van der Waals surface area contributed by atoms with Gasteiger partial charge >= 0.3 is 0 Å². The van der Waals surface area contributed by atoms with E-state index in [-0.39, 0.29) is 17.0 Å². The van der Waals surface area contributed by atoms with Gasteiger partial charge in [0.1, 0.15) is 10.8 Å². The predicted molar refractivity (Wildman–Crippen MR) is 109 cm³/mol. The second kappa shape index (κ2) is 7.71. The van der Waals surface area contributed by atoms with Crippen LogP contribution in [-0.4, -0.2) is 26.3 Å². The van der Waals surface area contributed by atoms with Crippen LogP contribution in [0.2, 0.25) is 0 Å². The van der Waals surface area contributed by atoms with Gasteiger partial charge in [0.05, 0.1) is 15.5 Å². The molecular weight excluding hydrogens is 403 g/mol. The first kappa shape index (κ1) is 18.0. The molecule has 9 heteroatoms. The van der Waals surface area contributed by atoms with Crippen molar-refractivity contribution < 1.29 is 9.18 Å². The zero-order valence-electron chi connectivity index (χ0n) is 14.0. The van der Waals surface area contributed by atoms with Gasteiger partial charge in [-0.25, -0.2) is 9.37 Å². The number of amides is 1. The van der Waals surface area contributed by atoms with Gasteiger partial charge in [0.15, 0.2) is 4.34 Å². The number of halogens is 1. The number of nitrogens with one attached hydrogen (secondary N) is 1. The molecule has 0 fully saturated rings. The highest BCUT2D eigenvalue weighted by atomic mass is 32.2. The van der Waals surface area contributed by atoms with Gasteiger partial charge in [-0.2, -0.15) is 0 Å². The molecule has 0 saturated carbocycles. The summed E-state index contributed by atoms with van der Waals surface area (Å²) in [7, 11) is 0. The van der Waals surface area contributed by atoms with Gasteiger partial charge in [-0.05, 0) is 43.3 Å². The van der Waals surface area contributed by atoms with Crippen LogP contribution in [-0.2, 0) is 4.79 Å². The van der Waals surface area contributed by atoms with E-state index in [0.717, 1.165) is 20.1 Å². The number of aromatic nitrogens is 3. The number of thiazole rings is 1. The Balaban J connectivity index is 1.41. The monoisotopic (exact) mass is 416 g/mol. The van der Waals surface area contributed by atoms with Crippen LogP contribution in [0.25, 0.3) is 20.8 Å². The van der Waals surface area contributed by atoms with Gasteiger partial charge in [-0.1, -0.05) is 35.2 Å². The third-order valence-corrected chi connectivity index (χ3v) is 6.79. The van der Waals surface area contributed by atoms with Crippen molar-refractivity contribution in [3.05, 3.63) is 54.3 Å². The molecule has 136 valence electrons. The van der Waals surface area contributed by atoms with Gasteiger partial charge in [0.2, 0.25) is 11.0 Å². The molecule has 1 N–H and O–H groups in total. The minimum atomic E-state index is -0.330. The third-order valence-electron chi connectivity index (χ3n) is 3.67. The van der Waals surface area contributed by atoms with Crippen molar-refractivity contribution in [1.29, 1.82) is 0 Å². The molecule has 0 aliphatic rings. The Morgan fingerprint density at radius 1 is 1.11 bits per heavy atom. The Morgan fingerprint density at radius 2 is 1.89 bits per heavy atom. The highest BCUT2D eigenvalue weighted by Gasteiger charge is 2.19. The molecule has 0 radical (unpaired) electrons. The topological polar surface area (TPSA) is 67.8 Å². The summed E-state index contributed by atoms with van der Waals surface area (Å²) in [5.74, 6) is -0.474. The second-order valence-corrected chi connectivity index (χ2v) is 9.21. The van der Waals surface area contributed by atoms with Crippen LogP contribution >= 0.6 is 34.4 Å². The van der Waals surface area contributed by atoms with E-state index in [1.165, 1.54) is 35.2 Å². The molecule has 27 heavy (non-hydrogen) atoms. The zero-order valence-corrected chi connectivity index (χ0v) is 16.5. The van der Waals surface area contributed by atoms with E-state index in [0.29, 0.717) is 10.1 Å². The predicted octanol–water partition coefficient (Wildman–Crippen LogP) is 5.07. The standard InChI is InChI=1S/C18H13FN4OS3/c1-10(25-18-20-13-4-2-3-5-14(13)26-18)15(24)21-17-23-22-16(27-17)11-6-8-12(19)9-7-11/h2-10H,1H3,(H,21,23,24)/t10-/m0/s1. The van der Waals surface area contributed by atoms with Crippen LogP contribution in [0.5, 0.6) is 0 Å². The molecule has 1 atom stereocenters. The molecule has 0 aliphatic heterocycles. The van der Waals surface area contributed by atoms with Crippen LogP contribution in [0.4, 0.5) is 9.52 Å². The summed E-state index contributed by atoms with van der Waals surface area (Å²) in [6.45, 7) is 1.83. The van der Waals surface area contributed by atoms with E-state index in [1.54, 1.807) is 23.5 Å². The molecule has 0 saturated heterocycles. The van der Waals surface area contributed by atoms with E-state index in [9.17, 15) is 9.18 Å². The van der Waals surface area contributed by atoms with Crippen molar-refractivity contribution in [3.8, 4) is 10.6 Å². The van der Waals surface area contributed by atoms with Crippen molar-refractivity contribution in [2.24, 2.45) is 0 Å². The fraction of sp³-hybridized carbons (Fsp3) is 0.111. The first-order valence-electron chi connectivity index (χ1n) is 8.01. The number of nitrogens with zero attached hydrogens (tertiary/aromatic N) is 3. The largest absolute Gasteiger partial charge is 0.300 e. The molecule has 2 aromatic heterocycles. The first-order chi connectivity index (χ1) is 13.1. The Hall–Kier alpha value is -2.36. The number of para-hydroxylation sites is 1. The second-order valence-electron chi connectivity index (χ2n) is 5.62. The maximum atomic E-state index is 13.0. The van der Waals surface area contributed by atoms with Gasteiger partial charge in [-0.3, -0.25) is 10.1 Å². The van der Waals surface area contributed by atoms with Gasteiger partial charge < -0.3 is 0 Å². The maximum Gasteiger partial charge on any atom is 0.239 e. The number of anilines is 1. The van der Waals surface area contributed by atoms with Crippen molar-refractivity contribution >= 4 is 55.7 Å². The molecule has 2 heterocycles. The summed E-state index contributed by atoms with van der Waals surface area (Å²) in [6.07, 6.45) is 0. The highest BCUT2D eigenvalue weighted by molar-refractivity contribution is 8.02. The summed E-state index contributed by atoms with van der Waals surface area (Å²) < 4.78 is 15.0. The lowest BCUT2D eigenvalue weighted by Crippen LogP contribution is -2.22. The Bertz CT molecular complexity index is 1060. The average molecular weight is 417 g/mol. The van der Waals surface area contributed by atoms with E-state index in [1.807, 2.05) is 31.2 Å². The summed E-state index contributed by atoms with van der Waals surface area (Å²) in [4.78, 5) is 17.0. The first-order valence-corrected chi connectivity index (χ1v) is 10.5.